The highest BCUT2D eigenvalue weighted by Crippen LogP contribution is 2.15. The van der Waals surface area contributed by atoms with Gasteiger partial charge in [-0.2, -0.15) is 12.6 Å². The molecule has 16 heavy (non-hydrogen) atoms. The molecule has 84 valence electrons. The maximum Gasteiger partial charge on any atom is 0.419 e. The van der Waals surface area contributed by atoms with Gasteiger partial charge in [0.25, 0.3) is 0 Å². The molecular formula is C11H11NO3S. The summed E-state index contributed by atoms with van der Waals surface area (Å²) in [5, 5.41) is 0. The fourth-order valence-corrected chi connectivity index (χ4v) is 1.76. The molecule has 0 bridgehead atoms. The van der Waals surface area contributed by atoms with Crippen LogP contribution in [-0.4, -0.2) is 16.1 Å². The van der Waals surface area contributed by atoms with Crippen LogP contribution in [0.5, 0.6) is 0 Å². The van der Waals surface area contributed by atoms with E-state index in [1.54, 1.807) is 25.2 Å². The minimum atomic E-state index is -0.422. The molecule has 0 aliphatic rings. The fraction of sp³-hybridized carbons (Fsp3) is 0.273. The Labute approximate surface area is 97.3 Å². The second-order valence-electron chi connectivity index (χ2n) is 3.51. The summed E-state index contributed by atoms with van der Waals surface area (Å²) < 4.78 is 6.41. The summed E-state index contributed by atoms with van der Waals surface area (Å²) in [6.07, 6.45) is 0.381. The van der Waals surface area contributed by atoms with Crippen LogP contribution in [-0.2, 0) is 7.05 Å². The molecule has 0 atom stereocenters. The first-order chi connectivity index (χ1) is 7.63. The van der Waals surface area contributed by atoms with E-state index in [2.05, 4.69) is 12.6 Å². The Kier molecular flexibility index (Phi) is 2.87. The molecule has 0 saturated heterocycles. The lowest BCUT2D eigenvalue weighted by molar-refractivity contribution is 0.0989. The monoisotopic (exact) mass is 237 g/mol. The summed E-state index contributed by atoms with van der Waals surface area (Å²) in [6.45, 7) is 0. The molecule has 2 aromatic rings. The third-order valence-electron chi connectivity index (χ3n) is 2.45. The van der Waals surface area contributed by atoms with Crippen molar-refractivity contribution in [3.63, 3.8) is 0 Å². The minimum absolute atomic E-state index is 0.00315. The minimum Gasteiger partial charge on any atom is -0.408 e. The molecule has 0 unspecified atom stereocenters. The predicted molar refractivity (Wildman–Crippen MR) is 64.3 cm³/mol. The molecule has 0 fully saturated rings. The molecule has 0 saturated carbocycles. The van der Waals surface area contributed by atoms with Crippen molar-refractivity contribution in [2.45, 2.75) is 6.42 Å². The predicted octanol–water partition coefficient (Wildman–Crippen LogP) is 1.63. The van der Waals surface area contributed by atoms with Gasteiger partial charge in [0.05, 0.1) is 5.52 Å². The first-order valence-corrected chi connectivity index (χ1v) is 5.50. The second-order valence-corrected chi connectivity index (χ2v) is 3.95. The number of hydrogen-bond donors (Lipinski definition) is 1. The summed E-state index contributed by atoms with van der Waals surface area (Å²) >= 11 is 4.01. The number of fused-ring (bicyclic) bond motifs is 1. The van der Waals surface area contributed by atoms with Crippen LogP contribution in [0.25, 0.3) is 11.1 Å². The van der Waals surface area contributed by atoms with Gasteiger partial charge < -0.3 is 4.42 Å². The van der Waals surface area contributed by atoms with E-state index >= 15 is 0 Å². The van der Waals surface area contributed by atoms with E-state index in [1.807, 2.05) is 0 Å². The van der Waals surface area contributed by atoms with E-state index in [0.717, 1.165) is 0 Å². The Balaban J connectivity index is 2.52. The third-order valence-corrected chi connectivity index (χ3v) is 2.68. The van der Waals surface area contributed by atoms with Gasteiger partial charge in [0.2, 0.25) is 0 Å². The lowest BCUT2D eigenvalue weighted by atomic mass is 10.1. The van der Waals surface area contributed by atoms with Crippen molar-refractivity contribution in [1.29, 1.82) is 0 Å². The Morgan fingerprint density at radius 3 is 2.94 bits per heavy atom. The van der Waals surface area contributed by atoms with E-state index in [9.17, 15) is 9.59 Å². The van der Waals surface area contributed by atoms with Crippen LogP contribution < -0.4 is 5.76 Å². The van der Waals surface area contributed by atoms with Crippen molar-refractivity contribution in [3.8, 4) is 0 Å². The van der Waals surface area contributed by atoms with Crippen LogP contribution in [0.2, 0.25) is 0 Å². The second kappa shape index (κ2) is 4.17. The van der Waals surface area contributed by atoms with Crippen molar-refractivity contribution >= 4 is 29.5 Å². The van der Waals surface area contributed by atoms with Crippen molar-refractivity contribution < 1.29 is 9.21 Å². The van der Waals surface area contributed by atoms with Gasteiger partial charge in [-0.1, -0.05) is 0 Å². The molecular weight excluding hydrogens is 226 g/mol. The number of thiol groups is 1. The van der Waals surface area contributed by atoms with Crippen molar-refractivity contribution in [1.82, 2.24) is 4.57 Å². The maximum atomic E-state index is 11.6. The molecule has 1 heterocycles. The smallest absolute Gasteiger partial charge is 0.408 e. The Bertz CT molecular complexity index is 597. The third kappa shape index (κ3) is 1.78. The van der Waals surface area contributed by atoms with Gasteiger partial charge >= 0.3 is 5.76 Å². The highest BCUT2D eigenvalue weighted by Gasteiger charge is 2.10. The Morgan fingerprint density at radius 1 is 1.50 bits per heavy atom. The zero-order chi connectivity index (χ0) is 11.7. The normalized spacial score (nSPS) is 10.9. The molecule has 4 nitrogen and oxygen atoms in total. The average Bonchev–Trinajstić information content (AvgIpc) is 2.55. The molecule has 0 radical (unpaired) electrons. The summed E-state index contributed by atoms with van der Waals surface area (Å²) in [5.41, 5.74) is 1.68. The average molecular weight is 237 g/mol. The number of oxazole rings is 1. The molecule has 1 aromatic carbocycles. The summed E-state index contributed by atoms with van der Waals surface area (Å²) in [5.74, 6) is 0.0903. The van der Waals surface area contributed by atoms with Gasteiger partial charge in [0, 0.05) is 19.0 Å². The molecule has 0 spiro atoms. The zero-order valence-corrected chi connectivity index (χ0v) is 9.66. The van der Waals surface area contributed by atoms with E-state index < -0.39 is 5.76 Å². The molecule has 0 amide bonds. The zero-order valence-electron chi connectivity index (χ0n) is 8.77. The lowest BCUT2D eigenvalue weighted by Crippen LogP contribution is -2.08. The van der Waals surface area contributed by atoms with Crippen LogP contribution in [0.3, 0.4) is 0 Å². The number of aryl methyl sites for hydroxylation is 1. The highest BCUT2D eigenvalue weighted by atomic mass is 32.1. The van der Waals surface area contributed by atoms with Crippen molar-refractivity contribution in [3.05, 3.63) is 34.3 Å². The highest BCUT2D eigenvalue weighted by molar-refractivity contribution is 7.80. The first-order valence-electron chi connectivity index (χ1n) is 4.87. The number of ketones is 1. The standard InChI is InChI=1S/C11H11NO3S/c1-12-8-3-2-7(9(13)4-5-16)6-10(8)15-11(12)14/h2-3,6,16H,4-5H2,1H3. The summed E-state index contributed by atoms with van der Waals surface area (Å²) in [7, 11) is 1.63. The number of nitrogens with zero attached hydrogens (tertiary/aromatic N) is 1. The van der Waals surface area contributed by atoms with Crippen LogP contribution in [0.15, 0.2) is 27.4 Å². The van der Waals surface area contributed by atoms with Gasteiger partial charge in [-0.05, 0) is 24.0 Å². The van der Waals surface area contributed by atoms with Gasteiger partial charge in [0.15, 0.2) is 11.4 Å². The van der Waals surface area contributed by atoms with E-state index in [1.165, 1.54) is 4.57 Å². The number of carbonyl (C=O) groups excluding carboxylic acids is 1. The number of hydrogen-bond acceptors (Lipinski definition) is 4. The summed E-state index contributed by atoms with van der Waals surface area (Å²) in [6, 6.07) is 5.01. The van der Waals surface area contributed by atoms with Crippen molar-refractivity contribution in [2.24, 2.45) is 7.05 Å². The van der Waals surface area contributed by atoms with Crippen LogP contribution in [0.1, 0.15) is 16.8 Å². The number of benzene rings is 1. The van der Waals surface area contributed by atoms with Crippen LogP contribution in [0, 0.1) is 0 Å². The number of aromatic nitrogens is 1. The first kappa shape index (κ1) is 11.0. The fourth-order valence-electron chi connectivity index (χ4n) is 1.55. The molecule has 0 N–H and O–H groups in total. The van der Waals surface area contributed by atoms with Crippen LogP contribution >= 0.6 is 12.6 Å². The van der Waals surface area contributed by atoms with Gasteiger partial charge in [-0.25, -0.2) is 4.79 Å². The quantitative estimate of drug-likeness (QED) is 0.652. The SMILES string of the molecule is Cn1c(=O)oc2cc(C(=O)CCS)ccc21. The van der Waals surface area contributed by atoms with E-state index in [0.29, 0.717) is 28.8 Å². The topological polar surface area (TPSA) is 52.2 Å². The van der Waals surface area contributed by atoms with E-state index in [4.69, 9.17) is 4.42 Å². The Morgan fingerprint density at radius 2 is 2.25 bits per heavy atom. The Hall–Kier alpha value is -1.49. The van der Waals surface area contributed by atoms with Crippen LogP contribution in [0.4, 0.5) is 0 Å². The van der Waals surface area contributed by atoms with E-state index in [-0.39, 0.29) is 5.78 Å². The van der Waals surface area contributed by atoms with Gasteiger partial charge in [-0.3, -0.25) is 9.36 Å². The van der Waals surface area contributed by atoms with Crippen molar-refractivity contribution in [2.75, 3.05) is 5.75 Å². The number of Topliss-reactive ketones (excluding diaryl/α,β-unsaturated/α-hetero) is 1. The summed E-state index contributed by atoms with van der Waals surface area (Å²) in [4.78, 5) is 22.8. The molecule has 0 aliphatic heterocycles. The molecule has 1 aromatic heterocycles. The molecule has 0 aliphatic carbocycles. The lowest BCUT2D eigenvalue weighted by Gasteiger charge is -1.98. The maximum absolute atomic E-state index is 11.6. The van der Waals surface area contributed by atoms with Gasteiger partial charge in [-0.15, -0.1) is 0 Å². The molecule has 5 heteroatoms. The number of carbonyl (C=O) groups is 1. The molecule has 2 rings (SSSR count). The largest absolute Gasteiger partial charge is 0.419 e. The van der Waals surface area contributed by atoms with Gasteiger partial charge in [0.1, 0.15) is 0 Å². The number of rotatable bonds is 3.